The molecule has 1 aromatic carbocycles. The number of nitrogens with zero attached hydrogens (tertiary/aromatic N) is 3. The predicted octanol–water partition coefficient (Wildman–Crippen LogP) is 3.24. The third kappa shape index (κ3) is 4.18. The molecule has 2 aromatic rings. The first-order valence-corrected chi connectivity index (χ1v) is 7.80. The molecule has 0 saturated heterocycles. The third-order valence-electron chi connectivity index (χ3n) is 3.37. The third-order valence-corrected chi connectivity index (χ3v) is 3.37. The Kier molecular flexibility index (Phi) is 5.91. The van der Waals surface area contributed by atoms with Crippen molar-refractivity contribution in [3.8, 4) is 0 Å². The molecule has 6 heteroatoms. The van der Waals surface area contributed by atoms with E-state index < -0.39 is 0 Å². The fraction of sp³-hybridized carbons (Fsp3) is 0.353. The van der Waals surface area contributed by atoms with Crippen molar-refractivity contribution in [3.63, 3.8) is 0 Å². The molecule has 1 N–H and O–H groups in total. The van der Waals surface area contributed by atoms with Crippen molar-refractivity contribution in [1.29, 1.82) is 0 Å². The van der Waals surface area contributed by atoms with Gasteiger partial charge in [-0.3, -0.25) is 0 Å². The Hall–Kier alpha value is -2.63. The van der Waals surface area contributed by atoms with Crippen LogP contribution in [0.15, 0.2) is 36.5 Å². The van der Waals surface area contributed by atoms with E-state index in [0.717, 1.165) is 13.1 Å². The molecule has 0 aliphatic carbocycles. The SMILES string of the molecule is CCOC(=O)c1ccccc1Nc1ccnc(N(CC)CC)n1. The molecule has 0 unspecified atom stereocenters. The highest BCUT2D eigenvalue weighted by atomic mass is 16.5. The second-order valence-corrected chi connectivity index (χ2v) is 4.81. The molecule has 1 heterocycles. The smallest absolute Gasteiger partial charge is 0.340 e. The van der Waals surface area contributed by atoms with Gasteiger partial charge in [0.05, 0.1) is 17.9 Å². The molecule has 0 fully saturated rings. The molecule has 0 spiro atoms. The van der Waals surface area contributed by atoms with Gasteiger partial charge in [0.15, 0.2) is 0 Å². The lowest BCUT2D eigenvalue weighted by Gasteiger charge is -2.19. The van der Waals surface area contributed by atoms with E-state index in [2.05, 4.69) is 34.0 Å². The van der Waals surface area contributed by atoms with Crippen molar-refractivity contribution in [3.05, 3.63) is 42.1 Å². The maximum Gasteiger partial charge on any atom is 0.340 e. The van der Waals surface area contributed by atoms with Crippen LogP contribution in [0.1, 0.15) is 31.1 Å². The summed E-state index contributed by atoms with van der Waals surface area (Å²) in [5.41, 5.74) is 1.15. The Morgan fingerprint density at radius 3 is 2.61 bits per heavy atom. The van der Waals surface area contributed by atoms with Crippen LogP contribution in [0.25, 0.3) is 0 Å². The molecular weight excluding hydrogens is 292 g/mol. The van der Waals surface area contributed by atoms with E-state index in [1.54, 1.807) is 31.3 Å². The molecule has 122 valence electrons. The summed E-state index contributed by atoms with van der Waals surface area (Å²) < 4.78 is 5.08. The van der Waals surface area contributed by atoms with Gasteiger partial charge in [0, 0.05) is 19.3 Å². The van der Waals surface area contributed by atoms with Gasteiger partial charge in [-0.2, -0.15) is 4.98 Å². The number of benzene rings is 1. The Bertz CT molecular complexity index is 657. The van der Waals surface area contributed by atoms with Crippen molar-refractivity contribution >= 4 is 23.4 Å². The standard InChI is InChI=1S/C17H22N4O2/c1-4-21(5-2)17-18-12-11-15(20-17)19-14-10-8-7-9-13(14)16(22)23-6-3/h7-12H,4-6H2,1-3H3,(H,18,19,20). The Morgan fingerprint density at radius 2 is 1.91 bits per heavy atom. The molecule has 1 aromatic heterocycles. The van der Waals surface area contributed by atoms with Gasteiger partial charge >= 0.3 is 5.97 Å². The van der Waals surface area contributed by atoms with Gasteiger partial charge in [0.25, 0.3) is 0 Å². The molecule has 0 amide bonds. The minimum Gasteiger partial charge on any atom is -0.462 e. The molecule has 0 aliphatic rings. The topological polar surface area (TPSA) is 67.3 Å². The molecule has 2 rings (SSSR count). The van der Waals surface area contributed by atoms with Crippen LogP contribution in [-0.2, 0) is 4.74 Å². The highest BCUT2D eigenvalue weighted by Gasteiger charge is 2.13. The maximum atomic E-state index is 12.0. The van der Waals surface area contributed by atoms with Gasteiger partial charge in [-0.1, -0.05) is 12.1 Å². The van der Waals surface area contributed by atoms with Crippen molar-refractivity contribution in [2.24, 2.45) is 0 Å². The van der Waals surface area contributed by atoms with Gasteiger partial charge in [-0.05, 0) is 39.0 Å². The Labute approximate surface area is 136 Å². The highest BCUT2D eigenvalue weighted by Crippen LogP contribution is 2.21. The van der Waals surface area contributed by atoms with Gasteiger partial charge in [0.1, 0.15) is 5.82 Å². The molecule has 0 atom stereocenters. The number of anilines is 3. The number of carbonyl (C=O) groups is 1. The van der Waals surface area contributed by atoms with E-state index in [1.807, 2.05) is 12.1 Å². The van der Waals surface area contributed by atoms with Crippen molar-refractivity contribution in [2.75, 3.05) is 29.9 Å². The first-order chi connectivity index (χ1) is 11.2. The second kappa shape index (κ2) is 8.12. The number of esters is 1. The quantitative estimate of drug-likeness (QED) is 0.791. The molecule has 0 saturated carbocycles. The lowest BCUT2D eigenvalue weighted by Crippen LogP contribution is -2.24. The molecular formula is C17H22N4O2. The monoisotopic (exact) mass is 314 g/mol. The molecule has 0 bridgehead atoms. The maximum absolute atomic E-state index is 12.0. The number of ether oxygens (including phenoxy) is 1. The summed E-state index contributed by atoms with van der Waals surface area (Å²) in [7, 11) is 0. The Morgan fingerprint density at radius 1 is 1.17 bits per heavy atom. The van der Waals surface area contributed by atoms with Crippen LogP contribution in [0, 0.1) is 0 Å². The van der Waals surface area contributed by atoms with Crippen LogP contribution in [-0.4, -0.2) is 35.6 Å². The number of aromatic nitrogens is 2. The van der Waals surface area contributed by atoms with E-state index in [4.69, 9.17) is 4.74 Å². The zero-order valence-electron chi connectivity index (χ0n) is 13.7. The molecule has 6 nitrogen and oxygen atoms in total. The second-order valence-electron chi connectivity index (χ2n) is 4.81. The zero-order valence-corrected chi connectivity index (χ0v) is 13.7. The zero-order chi connectivity index (χ0) is 16.7. The van der Waals surface area contributed by atoms with Gasteiger partial charge in [-0.25, -0.2) is 9.78 Å². The normalized spacial score (nSPS) is 10.2. The predicted molar refractivity (Wildman–Crippen MR) is 91.3 cm³/mol. The van der Waals surface area contributed by atoms with Crippen LogP contribution >= 0.6 is 0 Å². The van der Waals surface area contributed by atoms with Crippen LogP contribution < -0.4 is 10.2 Å². The summed E-state index contributed by atoms with van der Waals surface area (Å²) >= 11 is 0. The average Bonchev–Trinajstić information content (AvgIpc) is 2.57. The first kappa shape index (κ1) is 16.7. The van der Waals surface area contributed by atoms with Crippen LogP contribution in [0.4, 0.5) is 17.5 Å². The van der Waals surface area contributed by atoms with E-state index in [9.17, 15) is 4.79 Å². The van der Waals surface area contributed by atoms with Crippen LogP contribution in [0.3, 0.4) is 0 Å². The lowest BCUT2D eigenvalue weighted by molar-refractivity contribution is 0.0527. The van der Waals surface area contributed by atoms with Gasteiger partial charge < -0.3 is 15.0 Å². The fourth-order valence-electron chi connectivity index (χ4n) is 2.19. The van der Waals surface area contributed by atoms with Crippen molar-refractivity contribution in [1.82, 2.24) is 9.97 Å². The fourth-order valence-corrected chi connectivity index (χ4v) is 2.19. The van der Waals surface area contributed by atoms with E-state index in [-0.39, 0.29) is 5.97 Å². The minimum atomic E-state index is -0.353. The molecule has 0 aliphatic heterocycles. The summed E-state index contributed by atoms with van der Waals surface area (Å²) in [6.07, 6.45) is 1.70. The molecule has 23 heavy (non-hydrogen) atoms. The summed E-state index contributed by atoms with van der Waals surface area (Å²) in [6.45, 7) is 7.91. The largest absolute Gasteiger partial charge is 0.462 e. The van der Waals surface area contributed by atoms with E-state index in [0.29, 0.717) is 29.6 Å². The van der Waals surface area contributed by atoms with Gasteiger partial charge in [-0.15, -0.1) is 0 Å². The summed E-state index contributed by atoms with van der Waals surface area (Å²) in [6, 6.07) is 8.99. The van der Waals surface area contributed by atoms with E-state index >= 15 is 0 Å². The van der Waals surface area contributed by atoms with Crippen LogP contribution in [0.2, 0.25) is 0 Å². The molecule has 0 radical (unpaired) electrons. The lowest BCUT2D eigenvalue weighted by atomic mass is 10.2. The van der Waals surface area contributed by atoms with Crippen LogP contribution in [0.5, 0.6) is 0 Å². The van der Waals surface area contributed by atoms with E-state index in [1.165, 1.54) is 0 Å². The summed E-state index contributed by atoms with van der Waals surface area (Å²) in [5.74, 6) is 0.945. The number of para-hydroxylation sites is 1. The number of carbonyl (C=O) groups excluding carboxylic acids is 1. The number of rotatable bonds is 7. The van der Waals surface area contributed by atoms with Crippen molar-refractivity contribution in [2.45, 2.75) is 20.8 Å². The van der Waals surface area contributed by atoms with Gasteiger partial charge in [0.2, 0.25) is 5.95 Å². The first-order valence-electron chi connectivity index (χ1n) is 7.80. The summed E-state index contributed by atoms with van der Waals surface area (Å²) in [5, 5.41) is 3.18. The summed E-state index contributed by atoms with van der Waals surface area (Å²) in [4.78, 5) is 22.9. The number of hydrogen-bond donors (Lipinski definition) is 1. The minimum absolute atomic E-state index is 0.340. The Balaban J connectivity index is 2.26. The van der Waals surface area contributed by atoms with Crippen molar-refractivity contribution < 1.29 is 9.53 Å². The number of nitrogens with one attached hydrogen (secondary N) is 1. The average molecular weight is 314 g/mol. The highest BCUT2D eigenvalue weighted by molar-refractivity contribution is 5.96. The number of hydrogen-bond acceptors (Lipinski definition) is 6.